The summed E-state index contributed by atoms with van der Waals surface area (Å²) in [6, 6.07) is -1.17. The van der Waals surface area contributed by atoms with Crippen LogP contribution in [0.3, 0.4) is 0 Å². The molecule has 1 unspecified atom stereocenters. The van der Waals surface area contributed by atoms with Crippen molar-refractivity contribution >= 4 is 64.7 Å². The van der Waals surface area contributed by atoms with Gasteiger partial charge < -0.3 is 20.5 Å². The molecule has 2 aliphatic heterocycles. The number of carbonyl (C=O) groups excluding carboxylic acids is 5. The molecule has 1 saturated heterocycles. The number of amides is 3. The molecule has 1 fully saturated rings. The van der Waals surface area contributed by atoms with Crippen LogP contribution in [-0.4, -0.2) is 88.1 Å². The number of alkyl halides is 1. The van der Waals surface area contributed by atoms with Gasteiger partial charge in [-0.2, -0.15) is 0 Å². The molecule has 2 atom stereocenters. The van der Waals surface area contributed by atoms with Crippen molar-refractivity contribution in [3.63, 3.8) is 0 Å². The van der Waals surface area contributed by atoms with E-state index in [4.69, 9.17) is 16.3 Å². The Morgan fingerprint density at radius 1 is 1.32 bits per heavy atom. The quantitative estimate of drug-likeness (QED) is 0.0732. The molecule has 3 N–H and O–H groups in total. The Balaban J connectivity index is 2.18. The Hall–Kier alpha value is -3.13. The van der Waals surface area contributed by atoms with E-state index in [-0.39, 0.29) is 23.6 Å². The molecule has 0 aromatic heterocycles. The number of fused-ring (bicyclic) bond motifs is 1. The first-order valence-corrected chi connectivity index (χ1v) is 10.1. The number of aliphatic carboxylic acids is 1. The van der Waals surface area contributed by atoms with Gasteiger partial charge in [-0.05, 0) is 0 Å². The molecular formula is C16H17ClN4O9S. The minimum atomic E-state index is -1.40. The summed E-state index contributed by atoms with van der Waals surface area (Å²) in [5.74, 6) is -5.37. The molecule has 0 bridgehead atoms. The minimum Gasteiger partial charge on any atom is -0.477 e. The smallest absolute Gasteiger partial charge is 0.433 e. The highest BCUT2D eigenvalue weighted by molar-refractivity contribution is 8.00. The van der Waals surface area contributed by atoms with Gasteiger partial charge in [0.2, 0.25) is 11.5 Å². The summed E-state index contributed by atoms with van der Waals surface area (Å²) < 4.78 is 4.83. The number of nitrogens with one attached hydrogen (secondary N) is 2. The monoisotopic (exact) mass is 476 g/mol. The topological polar surface area (TPSA) is 181 Å². The molecule has 15 heteroatoms. The van der Waals surface area contributed by atoms with Crippen molar-refractivity contribution in [2.45, 2.75) is 18.3 Å². The highest BCUT2D eigenvalue weighted by Gasteiger charge is 2.54. The van der Waals surface area contributed by atoms with Crippen LogP contribution >= 0.6 is 23.4 Å². The number of carboxylic acids is 1. The maximum Gasteiger partial charge on any atom is 0.433 e. The number of nitrogens with zero attached hydrogens (tertiary/aromatic N) is 2. The fourth-order valence-corrected chi connectivity index (χ4v) is 4.06. The van der Waals surface area contributed by atoms with E-state index in [1.807, 2.05) is 0 Å². The highest BCUT2D eigenvalue weighted by atomic mass is 35.5. The number of rotatable bonds is 8. The summed E-state index contributed by atoms with van der Waals surface area (Å²) in [5, 5.41) is 16.2. The Morgan fingerprint density at radius 2 is 2.00 bits per heavy atom. The number of β-lactam (4-membered cyclic amide) rings is 1. The third kappa shape index (κ3) is 5.32. The van der Waals surface area contributed by atoms with Crippen LogP contribution in [0.15, 0.2) is 16.4 Å². The van der Waals surface area contributed by atoms with Crippen LogP contribution in [0.25, 0.3) is 0 Å². The maximum absolute atomic E-state index is 12.6. The van der Waals surface area contributed by atoms with E-state index in [1.165, 1.54) is 7.05 Å². The third-order valence-corrected chi connectivity index (χ3v) is 5.59. The zero-order valence-electron chi connectivity index (χ0n) is 16.2. The number of thioether (sulfide) groups is 1. The second-order valence-corrected chi connectivity index (χ2v) is 7.40. The first-order valence-electron chi connectivity index (χ1n) is 8.52. The van der Waals surface area contributed by atoms with Crippen molar-refractivity contribution in [2.75, 3.05) is 25.3 Å². The van der Waals surface area contributed by atoms with E-state index in [2.05, 4.69) is 20.6 Å². The molecule has 0 spiro atoms. The van der Waals surface area contributed by atoms with Gasteiger partial charge >= 0.3 is 18.0 Å². The van der Waals surface area contributed by atoms with Crippen molar-refractivity contribution in [3.05, 3.63) is 11.3 Å². The van der Waals surface area contributed by atoms with Gasteiger partial charge in [-0.25, -0.2) is 9.59 Å². The number of carboxylic acid groups (broad SMARTS) is 1. The summed E-state index contributed by atoms with van der Waals surface area (Å²) in [5.41, 5.74) is -0.954. The second-order valence-electron chi connectivity index (χ2n) is 6.02. The predicted molar refractivity (Wildman–Crippen MR) is 105 cm³/mol. The summed E-state index contributed by atoms with van der Waals surface area (Å²) in [6.45, 7) is 0.866. The number of halogens is 1. The Kier molecular flexibility index (Phi) is 7.99. The van der Waals surface area contributed by atoms with Crippen LogP contribution in [0.2, 0.25) is 0 Å². The normalized spacial score (nSPS) is 20.3. The largest absolute Gasteiger partial charge is 0.477 e. The van der Waals surface area contributed by atoms with E-state index in [1.54, 1.807) is 0 Å². The second kappa shape index (κ2) is 10.3. The lowest BCUT2D eigenvalue weighted by atomic mass is 10.0. The Labute approximate surface area is 184 Å². The summed E-state index contributed by atoms with van der Waals surface area (Å²) in [6.07, 6.45) is -1.04. The average Bonchev–Trinajstić information content (AvgIpc) is 2.74. The van der Waals surface area contributed by atoms with Gasteiger partial charge in [0, 0.05) is 25.3 Å². The number of hydrogen-bond acceptors (Lipinski definition) is 10. The van der Waals surface area contributed by atoms with Gasteiger partial charge in [0.15, 0.2) is 0 Å². The van der Waals surface area contributed by atoms with Crippen LogP contribution < -0.4 is 10.6 Å². The molecule has 0 saturated carbocycles. The van der Waals surface area contributed by atoms with Crippen LogP contribution in [0.5, 0.6) is 0 Å². The predicted octanol–water partition coefficient (Wildman–Crippen LogP) is -1.19. The van der Waals surface area contributed by atoms with Crippen LogP contribution in [0, 0.1) is 0 Å². The van der Waals surface area contributed by atoms with Crippen molar-refractivity contribution in [1.29, 1.82) is 0 Å². The standard InChI is InChI=1S/C16H17ClN4O9S/c1-6(22)29-4-7-5-31-14-10(13(25)21(14)11(7)15(26)27)19-12(24)9(8(23)3-17)20-30-16(28)18-2/h10,14H,3-5H2,1-2H3,(H,18,28)(H,19,24)(H,26,27)/t10?,14-/m0/s1. The minimum absolute atomic E-state index is 0.122. The van der Waals surface area contributed by atoms with Crippen molar-refractivity contribution in [1.82, 2.24) is 15.5 Å². The number of ether oxygens (including phenoxy) is 1. The van der Waals surface area contributed by atoms with E-state index in [0.717, 1.165) is 23.6 Å². The average molecular weight is 477 g/mol. The van der Waals surface area contributed by atoms with Crippen LogP contribution in [0.1, 0.15) is 6.92 Å². The van der Waals surface area contributed by atoms with Crippen LogP contribution in [0.4, 0.5) is 4.79 Å². The molecule has 0 aliphatic carbocycles. The van der Waals surface area contributed by atoms with Crippen LogP contribution in [-0.2, 0) is 33.5 Å². The van der Waals surface area contributed by atoms with E-state index in [0.29, 0.717) is 0 Å². The molecule has 3 amide bonds. The summed E-state index contributed by atoms with van der Waals surface area (Å²) in [7, 11) is 1.23. The summed E-state index contributed by atoms with van der Waals surface area (Å²) >= 11 is 6.56. The lowest BCUT2D eigenvalue weighted by Crippen LogP contribution is -2.71. The zero-order chi connectivity index (χ0) is 23.3. The number of carbonyl (C=O) groups is 6. The van der Waals surface area contributed by atoms with Gasteiger partial charge in [0.05, 0.1) is 5.88 Å². The Morgan fingerprint density at radius 3 is 2.55 bits per heavy atom. The van der Waals surface area contributed by atoms with Gasteiger partial charge in [0.25, 0.3) is 11.8 Å². The molecule has 0 radical (unpaired) electrons. The molecule has 13 nitrogen and oxygen atoms in total. The lowest BCUT2D eigenvalue weighted by molar-refractivity contribution is -0.150. The summed E-state index contributed by atoms with van der Waals surface area (Å²) in [4.78, 5) is 75.9. The molecule has 2 aliphatic rings. The van der Waals surface area contributed by atoms with E-state index < -0.39 is 58.6 Å². The van der Waals surface area contributed by atoms with Gasteiger partial charge in [-0.3, -0.25) is 28.9 Å². The number of Topliss-reactive ketones (excluding diaryl/α,β-unsaturated/α-hetero) is 1. The first-order chi connectivity index (χ1) is 14.6. The first kappa shape index (κ1) is 24.1. The fraction of sp³-hybridized carbons (Fsp3) is 0.438. The zero-order valence-corrected chi connectivity index (χ0v) is 17.7. The number of ketones is 1. The maximum atomic E-state index is 12.6. The van der Waals surface area contributed by atoms with Gasteiger partial charge in [-0.15, -0.1) is 23.4 Å². The van der Waals surface area contributed by atoms with Crippen molar-refractivity contribution in [3.8, 4) is 0 Å². The number of hydrogen-bond donors (Lipinski definition) is 3. The molecule has 2 heterocycles. The van der Waals surface area contributed by atoms with Crippen molar-refractivity contribution in [2.24, 2.45) is 5.16 Å². The van der Waals surface area contributed by atoms with E-state index >= 15 is 0 Å². The Bertz CT molecular complexity index is 904. The van der Waals surface area contributed by atoms with Gasteiger partial charge in [-0.1, -0.05) is 5.16 Å². The molecule has 0 aromatic carbocycles. The number of esters is 1. The van der Waals surface area contributed by atoms with E-state index in [9.17, 15) is 33.9 Å². The molecule has 2 rings (SSSR count). The lowest BCUT2D eigenvalue weighted by Gasteiger charge is -2.49. The molecule has 168 valence electrons. The molecule has 0 aromatic rings. The SMILES string of the molecule is CNC(=O)ON=C(C(=O)CCl)C(=O)NC1C(=O)N2C(C(=O)O)=C(COC(C)=O)CS[C@@H]12. The fourth-order valence-electron chi connectivity index (χ4n) is 2.61. The number of oxime groups is 1. The molecular weight excluding hydrogens is 460 g/mol. The van der Waals surface area contributed by atoms with Crippen molar-refractivity contribution < 1.29 is 43.4 Å². The third-order valence-electron chi connectivity index (χ3n) is 4.01. The highest BCUT2D eigenvalue weighted by Crippen LogP contribution is 2.40. The van der Waals surface area contributed by atoms with Gasteiger partial charge in [0.1, 0.15) is 23.7 Å². The molecule has 31 heavy (non-hydrogen) atoms.